The highest BCUT2D eigenvalue weighted by Crippen LogP contribution is 2.40. The minimum atomic E-state index is -0.894. The molecular weight excluding hydrogens is 260 g/mol. The first kappa shape index (κ1) is 15.0. The Bertz CT molecular complexity index is 647. The van der Waals surface area contributed by atoms with Gasteiger partial charge in [-0.3, -0.25) is 0 Å². The van der Waals surface area contributed by atoms with E-state index in [4.69, 9.17) is 0 Å². The first-order chi connectivity index (χ1) is 9.91. The van der Waals surface area contributed by atoms with Crippen LogP contribution in [0.25, 0.3) is 11.1 Å². The highest BCUT2D eigenvalue weighted by atomic mass is 16.4. The first-order valence-corrected chi connectivity index (χ1v) is 7.00. The predicted octanol–water partition coefficient (Wildman–Crippen LogP) is 4.73. The average molecular weight is 280 g/mol. The number of benzene rings is 2. The molecule has 0 aliphatic carbocycles. The molecule has 0 heterocycles. The van der Waals surface area contributed by atoms with Crippen molar-refractivity contribution in [2.24, 2.45) is 5.41 Å². The van der Waals surface area contributed by atoms with E-state index in [9.17, 15) is 9.90 Å². The van der Waals surface area contributed by atoms with E-state index in [1.807, 2.05) is 81.4 Å². The van der Waals surface area contributed by atoms with Crippen LogP contribution in [0.4, 0.5) is 0 Å². The Morgan fingerprint density at radius 1 is 0.810 bits per heavy atom. The third kappa shape index (κ3) is 3.40. The van der Waals surface area contributed by atoms with Gasteiger partial charge < -0.3 is 5.11 Å². The summed E-state index contributed by atoms with van der Waals surface area (Å²) in [4.78, 5) is 11.9. The van der Waals surface area contributed by atoms with E-state index in [2.05, 4.69) is 0 Å². The van der Waals surface area contributed by atoms with Crippen LogP contribution in [-0.4, -0.2) is 11.1 Å². The van der Waals surface area contributed by atoms with Gasteiger partial charge in [0.2, 0.25) is 0 Å². The van der Waals surface area contributed by atoms with Crippen LogP contribution in [-0.2, 0) is 4.79 Å². The van der Waals surface area contributed by atoms with Crippen LogP contribution >= 0.6 is 0 Å². The topological polar surface area (TPSA) is 37.3 Å². The normalized spacial score (nSPS) is 12.7. The summed E-state index contributed by atoms with van der Waals surface area (Å²) in [6.07, 6.45) is 0. The smallest absolute Gasteiger partial charge is 0.336 e. The lowest BCUT2D eigenvalue weighted by molar-refractivity contribution is -0.130. The quantitative estimate of drug-likeness (QED) is 0.652. The summed E-state index contributed by atoms with van der Waals surface area (Å²) < 4.78 is 0. The van der Waals surface area contributed by atoms with Gasteiger partial charge in [-0.2, -0.15) is 0 Å². The largest absolute Gasteiger partial charge is 0.478 e. The second kappa shape index (κ2) is 5.96. The molecule has 108 valence electrons. The molecule has 0 fully saturated rings. The molecule has 0 spiro atoms. The Morgan fingerprint density at radius 2 is 1.24 bits per heavy atom. The molecule has 0 atom stereocenters. The van der Waals surface area contributed by atoms with Gasteiger partial charge in [0.15, 0.2) is 0 Å². The van der Waals surface area contributed by atoms with Gasteiger partial charge in [-0.1, -0.05) is 81.4 Å². The Balaban J connectivity index is 2.79. The molecule has 0 saturated carbocycles. The second-order valence-corrected chi connectivity index (χ2v) is 6.04. The van der Waals surface area contributed by atoms with Crippen molar-refractivity contribution in [2.45, 2.75) is 20.8 Å². The summed E-state index contributed by atoms with van der Waals surface area (Å²) >= 11 is 0. The molecule has 0 aliphatic rings. The lowest BCUT2D eigenvalue weighted by Crippen LogP contribution is -2.15. The Hall–Kier alpha value is -2.35. The molecule has 2 aromatic carbocycles. The van der Waals surface area contributed by atoms with Crippen molar-refractivity contribution >= 4 is 17.1 Å². The lowest BCUT2D eigenvalue weighted by Gasteiger charge is -2.26. The van der Waals surface area contributed by atoms with Crippen molar-refractivity contribution in [1.82, 2.24) is 0 Å². The number of carboxylic acids is 1. The fourth-order valence-electron chi connectivity index (χ4n) is 2.54. The zero-order valence-corrected chi connectivity index (χ0v) is 12.6. The highest BCUT2D eigenvalue weighted by Gasteiger charge is 2.27. The number of hydrogen-bond donors (Lipinski definition) is 1. The fourth-order valence-corrected chi connectivity index (χ4v) is 2.54. The summed E-state index contributed by atoms with van der Waals surface area (Å²) in [5.41, 5.74) is 2.63. The molecule has 0 saturated heterocycles. The van der Waals surface area contributed by atoms with E-state index in [1.54, 1.807) is 0 Å². The van der Waals surface area contributed by atoms with E-state index in [0.717, 1.165) is 16.7 Å². The molecule has 0 aromatic heterocycles. The molecule has 2 heteroatoms. The molecule has 2 rings (SSSR count). The molecule has 0 bridgehead atoms. The van der Waals surface area contributed by atoms with Crippen molar-refractivity contribution in [3.05, 3.63) is 71.8 Å². The zero-order valence-electron chi connectivity index (χ0n) is 12.6. The van der Waals surface area contributed by atoms with Crippen LogP contribution in [0.15, 0.2) is 60.7 Å². The average Bonchev–Trinajstić information content (AvgIpc) is 2.44. The van der Waals surface area contributed by atoms with Crippen LogP contribution < -0.4 is 0 Å². The maximum atomic E-state index is 11.9. The van der Waals surface area contributed by atoms with Gasteiger partial charge in [0.25, 0.3) is 0 Å². The van der Waals surface area contributed by atoms with Crippen LogP contribution in [0.5, 0.6) is 0 Å². The minimum absolute atomic E-state index is 0.273. The van der Waals surface area contributed by atoms with Crippen LogP contribution in [0.1, 0.15) is 31.9 Å². The summed E-state index contributed by atoms with van der Waals surface area (Å²) in [6, 6.07) is 19.0. The summed E-state index contributed by atoms with van der Waals surface area (Å²) in [7, 11) is 0. The van der Waals surface area contributed by atoms with Crippen LogP contribution in [0.2, 0.25) is 0 Å². The summed E-state index contributed by atoms with van der Waals surface area (Å²) in [5.74, 6) is -0.894. The molecule has 0 unspecified atom stereocenters. The summed E-state index contributed by atoms with van der Waals surface area (Å²) in [6.45, 7) is 6.13. The summed E-state index contributed by atoms with van der Waals surface area (Å²) in [5, 5.41) is 9.76. The van der Waals surface area contributed by atoms with E-state index in [0.29, 0.717) is 5.57 Å². The Morgan fingerprint density at radius 3 is 1.62 bits per heavy atom. The van der Waals surface area contributed by atoms with E-state index in [1.165, 1.54) is 0 Å². The van der Waals surface area contributed by atoms with Gasteiger partial charge >= 0.3 is 5.97 Å². The van der Waals surface area contributed by atoms with Gasteiger partial charge in [-0.05, 0) is 22.1 Å². The van der Waals surface area contributed by atoms with Crippen molar-refractivity contribution in [2.75, 3.05) is 0 Å². The van der Waals surface area contributed by atoms with Gasteiger partial charge in [-0.15, -0.1) is 0 Å². The monoisotopic (exact) mass is 280 g/mol. The number of carboxylic acid groups (broad SMARTS) is 1. The number of rotatable bonds is 3. The fraction of sp³-hybridized carbons (Fsp3) is 0.211. The van der Waals surface area contributed by atoms with Crippen molar-refractivity contribution in [3.8, 4) is 0 Å². The first-order valence-electron chi connectivity index (χ1n) is 7.00. The third-order valence-electron chi connectivity index (χ3n) is 3.34. The van der Waals surface area contributed by atoms with E-state index >= 15 is 0 Å². The SMILES string of the molecule is CC(C)(C)C(=C(C(=O)O)c1ccccc1)c1ccccc1. The number of carbonyl (C=O) groups is 1. The van der Waals surface area contributed by atoms with Crippen LogP contribution in [0.3, 0.4) is 0 Å². The standard InChI is InChI=1S/C19H20O2/c1-19(2,3)17(15-12-8-5-9-13-15)16(18(20)21)14-10-6-4-7-11-14/h4-13H,1-3H3,(H,20,21). The highest BCUT2D eigenvalue weighted by molar-refractivity contribution is 6.24. The molecule has 1 N–H and O–H groups in total. The molecule has 2 nitrogen and oxygen atoms in total. The lowest BCUT2D eigenvalue weighted by atomic mass is 9.77. The van der Waals surface area contributed by atoms with Gasteiger partial charge in [0, 0.05) is 0 Å². The zero-order chi connectivity index (χ0) is 15.5. The van der Waals surface area contributed by atoms with Gasteiger partial charge in [-0.25, -0.2) is 4.79 Å². The second-order valence-electron chi connectivity index (χ2n) is 6.04. The number of allylic oxidation sites excluding steroid dienone is 1. The molecule has 0 amide bonds. The van der Waals surface area contributed by atoms with Crippen LogP contribution in [0, 0.1) is 5.41 Å². The van der Waals surface area contributed by atoms with E-state index in [-0.39, 0.29) is 5.41 Å². The van der Waals surface area contributed by atoms with Crippen molar-refractivity contribution < 1.29 is 9.90 Å². The van der Waals surface area contributed by atoms with Gasteiger partial charge in [0.05, 0.1) is 5.57 Å². The maximum absolute atomic E-state index is 11.9. The Labute approximate surface area is 125 Å². The van der Waals surface area contributed by atoms with Crippen molar-refractivity contribution in [3.63, 3.8) is 0 Å². The molecule has 2 aromatic rings. The maximum Gasteiger partial charge on any atom is 0.336 e. The Kier molecular flexibility index (Phi) is 4.27. The number of aliphatic carboxylic acids is 1. The van der Waals surface area contributed by atoms with E-state index < -0.39 is 5.97 Å². The molecule has 21 heavy (non-hydrogen) atoms. The minimum Gasteiger partial charge on any atom is -0.478 e. The number of hydrogen-bond acceptors (Lipinski definition) is 1. The molecular formula is C19H20O2. The van der Waals surface area contributed by atoms with Gasteiger partial charge in [0.1, 0.15) is 0 Å². The molecule has 0 radical (unpaired) electrons. The predicted molar refractivity (Wildman–Crippen MR) is 86.8 cm³/mol. The van der Waals surface area contributed by atoms with Crippen molar-refractivity contribution in [1.29, 1.82) is 0 Å². The molecule has 0 aliphatic heterocycles. The third-order valence-corrected chi connectivity index (χ3v) is 3.34.